The summed E-state index contributed by atoms with van der Waals surface area (Å²) in [5.74, 6) is 0. The largest absolute Gasteiger partial charge is 0.320 e. The van der Waals surface area contributed by atoms with Gasteiger partial charge in [0.1, 0.15) is 0 Å². The summed E-state index contributed by atoms with van der Waals surface area (Å²) in [7, 11) is 0. The third-order valence-corrected chi connectivity index (χ3v) is 4.26. The number of hydrogen-bond donors (Lipinski definition) is 1. The summed E-state index contributed by atoms with van der Waals surface area (Å²) >= 11 is 1.72. The standard InChI is InChI=1S/C17H16N2S/c1-20-16-9-5-3-7-14(16)17(18)13-10-12-6-2-4-8-15(12)19-11-13/h2-11,17H,18H2,1H3. The Hall–Kier alpha value is -1.84. The van der Waals surface area contributed by atoms with Gasteiger partial charge in [-0.2, -0.15) is 0 Å². The summed E-state index contributed by atoms with van der Waals surface area (Å²) in [6, 6.07) is 18.4. The first-order valence-corrected chi connectivity index (χ1v) is 7.75. The maximum absolute atomic E-state index is 6.43. The van der Waals surface area contributed by atoms with E-state index in [1.165, 1.54) is 4.90 Å². The first-order valence-electron chi connectivity index (χ1n) is 6.53. The lowest BCUT2D eigenvalue weighted by molar-refractivity contribution is 0.844. The molecule has 2 nitrogen and oxygen atoms in total. The van der Waals surface area contributed by atoms with Crippen LogP contribution in [0.4, 0.5) is 0 Å². The summed E-state index contributed by atoms with van der Waals surface area (Å²) in [5, 5.41) is 1.13. The Labute approximate surface area is 123 Å². The number of para-hydroxylation sites is 1. The molecule has 100 valence electrons. The molecule has 20 heavy (non-hydrogen) atoms. The second-order valence-corrected chi connectivity index (χ2v) is 5.53. The summed E-state index contributed by atoms with van der Waals surface area (Å²) in [6.45, 7) is 0. The van der Waals surface area contributed by atoms with Crippen molar-refractivity contribution >= 4 is 22.7 Å². The first kappa shape index (κ1) is 13.2. The first-order chi connectivity index (χ1) is 9.79. The van der Waals surface area contributed by atoms with Crippen LogP contribution in [0, 0.1) is 0 Å². The lowest BCUT2D eigenvalue weighted by Gasteiger charge is -2.16. The third kappa shape index (κ3) is 2.42. The molecule has 0 bridgehead atoms. The molecule has 1 aromatic heterocycles. The molecule has 0 saturated carbocycles. The minimum absolute atomic E-state index is 0.143. The zero-order valence-corrected chi connectivity index (χ0v) is 12.1. The molecule has 0 aliphatic carbocycles. The van der Waals surface area contributed by atoms with Gasteiger partial charge >= 0.3 is 0 Å². The number of fused-ring (bicyclic) bond motifs is 1. The lowest BCUT2D eigenvalue weighted by atomic mass is 10.00. The molecule has 3 rings (SSSR count). The molecule has 0 saturated heterocycles. The summed E-state index contributed by atoms with van der Waals surface area (Å²) in [4.78, 5) is 5.71. The Balaban J connectivity index is 2.05. The second kappa shape index (κ2) is 5.65. The van der Waals surface area contributed by atoms with E-state index in [1.54, 1.807) is 11.8 Å². The molecular formula is C17H16N2S. The molecule has 0 amide bonds. The van der Waals surface area contributed by atoms with Crippen molar-refractivity contribution in [1.82, 2.24) is 4.98 Å². The average Bonchev–Trinajstić information content (AvgIpc) is 2.53. The number of pyridine rings is 1. The maximum atomic E-state index is 6.43. The minimum atomic E-state index is -0.143. The molecule has 1 unspecified atom stereocenters. The molecule has 0 fully saturated rings. The van der Waals surface area contributed by atoms with E-state index in [-0.39, 0.29) is 6.04 Å². The maximum Gasteiger partial charge on any atom is 0.0702 e. The molecule has 1 atom stereocenters. The molecule has 0 radical (unpaired) electrons. The van der Waals surface area contributed by atoms with Crippen molar-refractivity contribution in [2.75, 3.05) is 6.26 Å². The Bertz CT molecular complexity index is 740. The molecule has 0 spiro atoms. The van der Waals surface area contributed by atoms with Gasteiger partial charge in [0, 0.05) is 16.5 Å². The van der Waals surface area contributed by atoms with Crippen LogP contribution in [0.1, 0.15) is 17.2 Å². The van der Waals surface area contributed by atoms with Crippen LogP contribution >= 0.6 is 11.8 Å². The molecule has 0 aliphatic rings. The average molecular weight is 280 g/mol. The molecule has 3 heteroatoms. The van der Waals surface area contributed by atoms with Crippen LogP contribution in [0.25, 0.3) is 10.9 Å². The fraction of sp³-hybridized carbons (Fsp3) is 0.118. The SMILES string of the molecule is CSc1ccccc1C(N)c1cnc2ccccc2c1. The quantitative estimate of drug-likeness (QED) is 0.737. The topological polar surface area (TPSA) is 38.9 Å². The molecule has 3 aromatic rings. The predicted molar refractivity (Wildman–Crippen MR) is 86.0 cm³/mol. The van der Waals surface area contributed by atoms with Crippen LogP contribution in [0.3, 0.4) is 0 Å². The number of rotatable bonds is 3. The van der Waals surface area contributed by atoms with Gasteiger partial charge in [0.15, 0.2) is 0 Å². The van der Waals surface area contributed by atoms with Gasteiger partial charge in [0.2, 0.25) is 0 Å². The predicted octanol–water partition coefficient (Wildman–Crippen LogP) is 4.00. The number of nitrogens with zero attached hydrogens (tertiary/aromatic N) is 1. The van der Waals surface area contributed by atoms with Gasteiger partial charge in [0.05, 0.1) is 11.6 Å². The molecular weight excluding hydrogens is 264 g/mol. The van der Waals surface area contributed by atoms with E-state index in [0.29, 0.717) is 0 Å². The zero-order valence-electron chi connectivity index (χ0n) is 11.3. The second-order valence-electron chi connectivity index (χ2n) is 4.68. The van der Waals surface area contributed by atoms with E-state index in [9.17, 15) is 0 Å². The van der Waals surface area contributed by atoms with Gasteiger partial charge in [0.25, 0.3) is 0 Å². The highest BCUT2D eigenvalue weighted by Gasteiger charge is 2.13. The van der Waals surface area contributed by atoms with Gasteiger partial charge in [-0.25, -0.2) is 0 Å². The van der Waals surface area contributed by atoms with Crippen LogP contribution < -0.4 is 5.73 Å². The van der Waals surface area contributed by atoms with Crippen molar-refractivity contribution < 1.29 is 0 Å². The third-order valence-electron chi connectivity index (χ3n) is 3.44. The van der Waals surface area contributed by atoms with E-state index in [4.69, 9.17) is 5.73 Å². The number of benzene rings is 2. The Morgan fingerprint density at radius 1 is 1.05 bits per heavy atom. The number of hydrogen-bond acceptors (Lipinski definition) is 3. The van der Waals surface area contributed by atoms with Crippen LogP contribution in [0.2, 0.25) is 0 Å². The van der Waals surface area contributed by atoms with E-state index >= 15 is 0 Å². The van der Waals surface area contributed by atoms with E-state index in [1.807, 2.05) is 36.5 Å². The summed E-state index contributed by atoms with van der Waals surface area (Å²) in [6.07, 6.45) is 3.95. The van der Waals surface area contributed by atoms with Crippen molar-refractivity contribution in [2.24, 2.45) is 5.73 Å². The Kier molecular flexibility index (Phi) is 3.72. The van der Waals surface area contributed by atoms with E-state index in [0.717, 1.165) is 22.0 Å². The van der Waals surface area contributed by atoms with Gasteiger partial charge < -0.3 is 5.73 Å². The van der Waals surface area contributed by atoms with Crippen LogP contribution in [0.5, 0.6) is 0 Å². The van der Waals surface area contributed by atoms with Crippen molar-refractivity contribution in [2.45, 2.75) is 10.9 Å². The highest BCUT2D eigenvalue weighted by molar-refractivity contribution is 7.98. The molecule has 2 N–H and O–H groups in total. The highest BCUT2D eigenvalue weighted by Crippen LogP contribution is 2.29. The molecule has 2 aromatic carbocycles. The fourth-order valence-corrected chi connectivity index (χ4v) is 3.01. The highest BCUT2D eigenvalue weighted by atomic mass is 32.2. The van der Waals surface area contributed by atoms with Crippen LogP contribution in [-0.4, -0.2) is 11.2 Å². The summed E-state index contributed by atoms with van der Waals surface area (Å²) < 4.78 is 0. The van der Waals surface area contributed by atoms with Gasteiger partial charge in [-0.3, -0.25) is 4.98 Å². The van der Waals surface area contributed by atoms with Gasteiger partial charge in [-0.15, -0.1) is 11.8 Å². The Morgan fingerprint density at radius 3 is 2.65 bits per heavy atom. The molecule has 1 heterocycles. The van der Waals surface area contributed by atoms with Crippen molar-refractivity contribution in [3.63, 3.8) is 0 Å². The van der Waals surface area contributed by atoms with Crippen molar-refractivity contribution in [1.29, 1.82) is 0 Å². The van der Waals surface area contributed by atoms with Crippen LogP contribution in [-0.2, 0) is 0 Å². The number of aromatic nitrogens is 1. The van der Waals surface area contributed by atoms with E-state index in [2.05, 4.69) is 35.5 Å². The normalized spacial score (nSPS) is 12.5. The minimum Gasteiger partial charge on any atom is -0.320 e. The smallest absolute Gasteiger partial charge is 0.0702 e. The van der Waals surface area contributed by atoms with Gasteiger partial charge in [-0.05, 0) is 35.6 Å². The van der Waals surface area contributed by atoms with Crippen LogP contribution in [0.15, 0.2) is 65.7 Å². The van der Waals surface area contributed by atoms with Crippen molar-refractivity contribution in [3.8, 4) is 0 Å². The monoisotopic (exact) mass is 280 g/mol. The number of thioether (sulfide) groups is 1. The lowest BCUT2D eigenvalue weighted by Crippen LogP contribution is -2.13. The molecule has 0 aliphatic heterocycles. The van der Waals surface area contributed by atoms with E-state index < -0.39 is 0 Å². The Morgan fingerprint density at radius 2 is 1.80 bits per heavy atom. The fourth-order valence-electron chi connectivity index (χ4n) is 2.36. The van der Waals surface area contributed by atoms with Gasteiger partial charge in [-0.1, -0.05) is 36.4 Å². The zero-order chi connectivity index (χ0) is 13.9. The van der Waals surface area contributed by atoms with Crippen molar-refractivity contribution in [3.05, 3.63) is 71.9 Å². The summed E-state index contributed by atoms with van der Waals surface area (Å²) in [5.41, 5.74) is 9.63. The number of nitrogens with two attached hydrogens (primary N) is 1.